The maximum absolute atomic E-state index is 4.48. The van der Waals surface area contributed by atoms with Crippen molar-refractivity contribution in [2.24, 2.45) is 13.0 Å². The molecule has 1 N–H and O–H groups in total. The molecular formula is C14H22N4. The first-order valence-electron chi connectivity index (χ1n) is 6.57. The Morgan fingerprint density at radius 1 is 1.39 bits per heavy atom. The first-order chi connectivity index (χ1) is 8.58. The Bertz CT molecular complexity index is 528. The monoisotopic (exact) mass is 246 g/mol. The van der Waals surface area contributed by atoms with Gasteiger partial charge in [-0.05, 0) is 37.4 Å². The van der Waals surface area contributed by atoms with Gasteiger partial charge in [0.2, 0.25) is 0 Å². The molecular weight excluding hydrogens is 224 g/mol. The average Bonchev–Trinajstić information content (AvgIpc) is 2.60. The molecule has 98 valence electrons. The van der Waals surface area contributed by atoms with Crippen LogP contribution < -0.4 is 5.32 Å². The van der Waals surface area contributed by atoms with E-state index in [4.69, 9.17) is 0 Å². The third-order valence-corrected chi connectivity index (χ3v) is 3.15. The molecule has 2 rings (SSSR count). The summed E-state index contributed by atoms with van der Waals surface area (Å²) in [6.07, 6.45) is 3.15. The zero-order valence-corrected chi connectivity index (χ0v) is 11.7. The molecule has 0 saturated carbocycles. The van der Waals surface area contributed by atoms with Crippen molar-refractivity contribution in [2.45, 2.75) is 33.7 Å². The first-order valence-corrected chi connectivity index (χ1v) is 6.57. The second kappa shape index (κ2) is 5.48. The second-order valence-electron chi connectivity index (χ2n) is 5.28. The molecule has 0 aliphatic rings. The van der Waals surface area contributed by atoms with E-state index in [0.717, 1.165) is 35.7 Å². The van der Waals surface area contributed by atoms with Crippen LogP contribution in [0.2, 0.25) is 0 Å². The van der Waals surface area contributed by atoms with E-state index in [0.29, 0.717) is 0 Å². The lowest BCUT2D eigenvalue weighted by atomic mass is 10.1. The maximum Gasteiger partial charge on any atom is 0.157 e. The van der Waals surface area contributed by atoms with E-state index in [1.165, 1.54) is 12.0 Å². The summed E-state index contributed by atoms with van der Waals surface area (Å²) in [7, 11) is 1.93. The van der Waals surface area contributed by atoms with E-state index in [2.05, 4.69) is 35.3 Å². The van der Waals surface area contributed by atoms with E-state index >= 15 is 0 Å². The van der Waals surface area contributed by atoms with Crippen LogP contribution in [-0.4, -0.2) is 21.3 Å². The molecule has 0 aliphatic heterocycles. The summed E-state index contributed by atoms with van der Waals surface area (Å²) in [4.78, 5) is 4.48. The minimum absolute atomic E-state index is 0.749. The molecule has 0 atom stereocenters. The van der Waals surface area contributed by atoms with Gasteiger partial charge in [0, 0.05) is 25.2 Å². The molecule has 2 aromatic heterocycles. The smallest absolute Gasteiger partial charge is 0.157 e. The van der Waals surface area contributed by atoms with E-state index in [9.17, 15) is 0 Å². The number of rotatable bonds is 5. The van der Waals surface area contributed by atoms with Gasteiger partial charge in [0.05, 0.1) is 5.69 Å². The van der Waals surface area contributed by atoms with Gasteiger partial charge < -0.3 is 5.32 Å². The number of aromatic nitrogens is 3. The number of nitrogens with zero attached hydrogens (tertiary/aromatic N) is 3. The summed E-state index contributed by atoms with van der Waals surface area (Å²) in [5.41, 5.74) is 3.23. The van der Waals surface area contributed by atoms with Crippen LogP contribution >= 0.6 is 0 Å². The molecule has 0 saturated heterocycles. The van der Waals surface area contributed by atoms with E-state index in [-0.39, 0.29) is 0 Å². The Hall–Kier alpha value is -1.42. The molecule has 4 heteroatoms. The molecule has 0 aliphatic carbocycles. The molecule has 18 heavy (non-hydrogen) atoms. The van der Waals surface area contributed by atoms with Gasteiger partial charge in [0.15, 0.2) is 5.65 Å². The van der Waals surface area contributed by atoms with Gasteiger partial charge in [0.25, 0.3) is 0 Å². The zero-order chi connectivity index (χ0) is 13.1. The summed E-state index contributed by atoms with van der Waals surface area (Å²) < 4.78 is 1.83. The molecule has 0 aromatic carbocycles. The molecule has 2 aromatic rings. The van der Waals surface area contributed by atoms with Crippen LogP contribution in [0, 0.1) is 12.8 Å². The van der Waals surface area contributed by atoms with Gasteiger partial charge in [-0.3, -0.25) is 4.68 Å². The molecule has 0 unspecified atom stereocenters. The van der Waals surface area contributed by atoms with E-state index < -0.39 is 0 Å². The largest absolute Gasteiger partial charge is 0.313 e. The summed E-state index contributed by atoms with van der Waals surface area (Å²) in [5.74, 6) is 0.749. The lowest BCUT2D eigenvalue weighted by Crippen LogP contribution is -2.16. The third kappa shape index (κ3) is 2.88. The standard InChI is InChI=1S/C14H22N4/c1-10(2)5-6-15-8-12-7-13-11(3)17-18(4)14(13)16-9-12/h7,9-10,15H,5-6,8H2,1-4H3. The minimum atomic E-state index is 0.749. The Morgan fingerprint density at radius 2 is 2.17 bits per heavy atom. The van der Waals surface area contributed by atoms with E-state index in [1.807, 2.05) is 24.9 Å². The first kappa shape index (κ1) is 13.0. The van der Waals surface area contributed by atoms with Crippen molar-refractivity contribution in [3.8, 4) is 0 Å². The van der Waals surface area contributed by atoms with Crippen molar-refractivity contribution in [3.63, 3.8) is 0 Å². The predicted molar refractivity (Wildman–Crippen MR) is 74.4 cm³/mol. The van der Waals surface area contributed by atoms with Crippen molar-refractivity contribution >= 4 is 11.0 Å². The highest BCUT2D eigenvalue weighted by Crippen LogP contribution is 2.16. The highest BCUT2D eigenvalue weighted by Gasteiger charge is 2.06. The Balaban J connectivity index is 2.04. The molecule has 4 nitrogen and oxygen atoms in total. The van der Waals surface area contributed by atoms with Gasteiger partial charge in [-0.2, -0.15) is 5.10 Å². The fourth-order valence-corrected chi connectivity index (χ4v) is 2.07. The predicted octanol–water partition coefficient (Wildman–Crippen LogP) is 2.41. The topological polar surface area (TPSA) is 42.7 Å². The van der Waals surface area contributed by atoms with Crippen molar-refractivity contribution in [3.05, 3.63) is 23.5 Å². The third-order valence-electron chi connectivity index (χ3n) is 3.15. The fraction of sp³-hybridized carbons (Fsp3) is 0.571. The van der Waals surface area contributed by atoms with Crippen LogP contribution in [0.15, 0.2) is 12.3 Å². The molecule has 2 heterocycles. The van der Waals surface area contributed by atoms with Crippen LogP contribution in [0.1, 0.15) is 31.5 Å². The van der Waals surface area contributed by atoms with Crippen molar-refractivity contribution in [1.29, 1.82) is 0 Å². The summed E-state index contributed by atoms with van der Waals surface area (Å²) in [5, 5.41) is 8.99. The van der Waals surface area contributed by atoms with Crippen LogP contribution in [-0.2, 0) is 13.6 Å². The lowest BCUT2D eigenvalue weighted by molar-refractivity contribution is 0.537. The van der Waals surface area contributed by atoms with Gasteiger partial charge >= 0.3 is 0 Å². The number of hydrogen-bond acceptors (Lipinski definition) is 3. The molecule has 0 fully saturated rings. The van der Waals surface area contributed by atoms with Crippen LogP contribution in [0.25, 0.3) is 11.0 Å². The van der Waals surface area contributed by atoms with Crippen LogP contribution in [0.4, 0.5) is 0 Å². The molecule has 0 radical (unpaired) electrons. The van der Waals surface area contributed by atoms with Crippen molar-refractivity contribution in [1.82, 2.24) is 20.1 Å². The normalized spacial score (nSPS) is 11.6. The van der Waals surface area contributed by atoms with Gasteiger partial charge in [-0.1, -0.05) is 13.8 Å². The van der Waals surface area contributed by atoms with Crippen LogP contribution in [0.3, 0.4) is 0 Å². The van der Waals surface area contributed by atoms with Gasteiger partial charge in [-0.15, -0.1) is 0 Å². The van der Waals surface area contributed by atoms with Crippen LogP contribution in [0.5, 0.6) is 0 Å². The Labute approximate surface area is 108 Å². The molecule has 0 bridgehead atoms. The lowest BCUT2D eigenvalue weighted by Gasteiger charge is -2.07. The summed E-state index contributed by atoms with van der Waals surface area (Å²) >= 11 is 0. The number of fused-ring (bicyclic) bond motifs is 1. The maximum atomic E-state index is 4.48. The van der Waals surface area contributed by atoms with Crippen molar-refractivity contribution < 1.29 is 0 Å². The van der Waals surface area contributed by atoms with Gasteiger partial charge in [-0.25, -0.2) is 4.98 Å². The number of nitrogens with one attached hydrogen (secondary N) is 1. The van der Waals surface area contributed by atoms with E-state index in [1.54, 1.807) is 0 Å². The highest BCUT2D eigenvalue weighted by atomic mass is 15.3. The number of pyridine rings is 1. The zero-order valence-electron chi connectivity index (χ0n) is 11.7. The van der Waals surface area contributed by atoms with Crippen molar-refractivity contribution in [2.75, 3.05) is 6.54 Å². The Morgan fingerprint density at radius 3 is 2.89 bits per heavy atom. The minimum Gasteiger partial charge on any atom is -0.313 e. The second-order valence-corrected chi connectivity index (χ2v) is 5.28. The fourth-order valence-electron chi connectivity index (χ4n) is 2.07. The molecule has 0 amide bonds. The Kier molecular flexibility index (Phi) is 3.97. The average molecular weight is 246 g/mol. The summed E-state index contributed by atoms with van der Waals surface area (Å²) in [6.45, 7) is 8.45. The quantitative estimate of drug-likeness (QED) is 0.824. The number of hydrogen-bond donors (Lipinski definition) is 1. The summed E-state index contributed by atoms with van der Waals surface area (Å²) in [6, 6.07) is 2.19. The SMILES string of the molecule is Cc1nn(C)c2ncc(CNCCC(C)C)cc12. The van der Waals surface area contributed by atoms with Gasteiger partial charge in [0.1, 0.15) is 0 Å². The molecule has 0 spiro atoms. The number of aryl methyl sites for hydroxylation is 2. The highest BCUT2D eigenvalue weighted by molar-refractivity contribution is 5.78.